The number of thiophene rings is 1. The zero-order valence-electron chi connectivity index (χ0n) is 14.9. The van der Waals surface area contributed by atoms with Gasteiger partial charge in [-0.05, 0) is 48.4 Å². The van der Waals surface area contributed by atoms with E-state index < -0.39 is 0 Å². The number of nitriles is 1. The molecule has 2 aromatic heterocycles. The van der Waals surface area contributed by atoms with E-state index in [9.17, 15) is 14.9 Å². The number of nitrogens with zero attached hydrogens (tertiary/aromatic N) is 2. The molecule has 0 spiro atoms. The van der Waals surface area contributed by atoms with Crippen molar-refractivity contribution in [2.45, 2.75) is 26.2 Å². The Hall–Kier alpha value is -2.98. The van der Waals surface area contributed by atoms with Gasteiger partial charge in [0.05, 0.1) is 12.2 Å². The van der Waals surface area contributed by atoms with Crippen LogP contribution in [-0.2, 0) is 27.2 Å². The van der Waals surface area contributed by atoms with Crippen LogP contribution in [0.5, 0.6) is 0 Å². The van der Waals surface area contributed by atoms with Gasteiger partial charge < -0.3 is 10.1 Å². The van der Waals surface area contributed by atoms with Crippen molar-refractivity contribution in [2.75, 3.05) is 11.9 Å². The maximum Gasteiger partial charge on any atom is 0.302 e. The number of rotatable bonds is 5. The van der Waals surface area contributed by atoms with E-state index in [1.165, 1.54) is 24.3 Å². The normalized spacial score (nSPS) is 15.8. The molecule has 138 valence electrons. The number of carbonyl (C=O) groups excluding carboxylic acids is 2. The van der Waals surface area contributed by atoms with Crippen LogP contribution in [-0.4, -0.2) is 23.5 Å². The summed E-state index contributed by atoms with van der Waals surface area (Å²) >= 11 is 1.43. The van der Waals surface area contributed by atoms with Crippen LogP contribution >= 0.6 is 11.3 Å². The molecular weight excluding hydrogens is 362 g/mol. The molecule has 1 N–H and O–H groups in total. The Morgan fingerprint density at radius 3 is 3.07 bits per heavy atom. The van der Waals surface area contributed by atoms with Crippen molar-refractivity contribution in [3.8, 4) is 6.07 Å². The van der Waals surface area contributed by atoms with E-state index in [2.05, 4.69) is 16.4 Å². The maximum atomic E-state index is 12.2. The van der Waals surface area contributed by atoms with Crippen LogP contribution in [0.4, 0.5) is 5.00 Å². The number of fused-ring (bicyclic) bond motifs is 1. The van der Waals surface area contributed by atoms with E-state index in [4.69, 9.17) is 4.74 Å². The van der Waals surface area contributed by atoms with E-state index in [0.717, 1.165) is 35.3 Å². The average molecular weight is 381 g/mol. The lowest BCUT2D eigenvalue weighted by atomic mass is 9.88. The Kier molecular flexibility index (Phi) is 5.99. The third-order valence-corrected chi connectivity index (χ3v) is 5.52. The molecule has 0 saturated heterocycles. The molecule has 0 saturated carbocycles. The third kappa shape index (κ3) is 4.80. The second-order valence-electron chi connectivity index (χ2n) is 6.34. The summed E-state index contributed by atoms with van der Waals surface area (Å²) < 4.78 is 5.12. The summed E-state index contributed by atoms with van der Waals surface area (Å²) in [6, 6.07) is 5.87. The first-order chi connectivity index (χ1) is 13.1. The van der Waals surface area contributed by atoms with Gasteiger partial charge in [0.25, 0.3) is 0 Å². The van der Waals surface area contributed by atoms with Crippen LogP contribution in [0.3, 0.4) is 0 Å². The minimum absolute atomic E-state index is 0.251. The summed E-state index contributed by atoms with van der Waals surface area (Å²) in [5, 5.41) is 12.9. The van der Waals surface area contributed by atoms with Crippen LogP contribution in [0.15, 0.2) is 30.6 Å². The van der Waals surface area contributed by atoms with Gasteiger partial charge in [-0.25, -0.2) is 0 Å². The van der Waals surface area contributed by atoms with Gasteiger partial charge in [0.2, 0.25) is 5.91 Å². The lowest BCUT2D eigenvalue weighted by molar-refractivity contribution is -0.142. The second-order valence-corrected chi connectivity index (χ2v) is 7.45. The van der Waals surface area contributed by atoms with Crippen molar-refractivity contribution in [2.24, 2.45) is 5.92 Å². The Morgan fingerprint density at radius 2 is 2.37 bits per heavy atom. The topological polar surface area (TPSA) is 92.1 Å². The van der Waals surface area contributed by atoms with Gasteiger partial charge in [-0.3, -0.25) is 14.6 Å². The highest BCUT2D eigenvalue weighted by Crippen LogP contribution is 2.39. The molecule has 0 radical (unpaired) electrons. The van der Waals surface area contributed by atoms with Crippen LogP contribution in [0, 0.1) is 17.2 Å². The molecule has 2 aromatic rings. The van der Waals surface area contributed by atoms with Gasteiger partial charge in [0.15, 0.2) is 0 Å². The molecule has 0 fully saturated rings. The van der Waals surface area contributed by atoms with Crippen molar-refractivity contribution in [3.05, 3.63) is 52.2 Å². The number of amides is 1. The zero-order valence-corrected chi connectivity index (χ0v) is 15.7. The van der Waals surface area contributed by atoms with Crippen molar-refractivity contribution < 1.29 is 14.3 Å². The van der Waals surface area contributed by atoms with Crippen LogP contribution in [0.1, 0.15) is 34.9 Å². The quantitative estimate of drug-likeness (QED) is 0.633. The number of aromatic nitrogens is 1. The predicted molar refractivity (Wildman–Crippen MR) is 103 cm³/mol. The first kappa shape index (κ1) is 18.8. The zero-order chi connectivity index (χ0) is 19.2. The lowest BCUT2D eigenvalue weighted by Crippen LogP contribution is -2.19. The lowest BCUT2D eigenvalue weighted by Gasteiger charge is -2.21. The van der Waals surface area contributed by atoms with Crippen LogP contribution in [0.2, 0.25) is 0 Å². The molecule has 3 rings (SSSR count). The molecule has 1 aliphatic rings. The molecule has 0 bridgehead atoms. The molecule has 0 aliphatic heterocycles. The monoisotopic (exact) mass is 381 g/mol. The second kappa shape index (κ2) is 8.60. The summed E-state index contributed by atoms with van der Waals surface area (Å²) in [6.45, 7) is 1.80. The number of hydrogen-bond donors (Lipinski definition) is 1. The number of nitrogens with one attached hydrogen (secondary N) is 1. The molecule has 1 amide bonds. The fraction of sp³-hybridized carbons (Fsp3) is 0.300. The highest BCUT2D eigenvalue weighted by Gasteiger charge is 2.26. The van der Waals surface area contributed by atoms with Crippen molar-refractivity contribution >= 4 is 34.3 Å². The van der Waals surface area contributed by atoms with Crippen molar-refractivity contribution in [1.82, 2.24) is 4.98 Å². The van der Waals surface area contributed by atoms with Gasteiger partial charge in [-0.2, -0.15) is 5.26 Å². The molecule has 6 nitrogen and oxygen atoms in total. The van der Waals surface area contributed by atoms with E-state index in [1.807, 2.05) is 6.07 Å². The Balaban J connectivity index is 1.70. The number of ether oxygens (including phenoxy) is 1. The molecule has 0 aromatic carbocycles. The summed E-state index contributed by atoms with van der Waals surface area (Å²) in [7, 11) is 0. The van der Waals surface area contributed by atoms with E-state index >= 15 is 0 Å². The molecule has 1 aliphatic carbocycles. The Labute approximate surface area is 161 Å². The third-order valence-electron chi connectivity index (χ3n) is 4.35. The number of pyridine rings is 1. The maximum absolute atomic E-state index is 12.2. The number of esters is 1. The van der Waals surface area contributed by atoms with E-state index in [0.29, 0.717) is 17.2 Å². The smallest absolute Gasteiger partial charge is 0.302 e. The molecule has 7 heteroatoms. The SMILES string of the molecule is CC(=O)OCC1CCc2c(sc(NC(=O)/C=C/c3cccnc3)c2C#N)C1. The standard InChI is InChI=1S/C20H19N3O3S/c1-13(24)26-12-15-4-6-16-17(10-21)20(27-18(16)9-15)23-19(25)7-5-14-3-2-8-22-11-14/h2-3,5,7-8,11,15H,4,6,9,12H2,1H3,(H,23,25)/b7-5+. The first-order valence-electron chi connectivity index (χ1n) is 8.64. The highest BCUT2D eigenvalue weighted by atomic mass is 32.1. The summed E-state index contributed by atoms with van der Waals surface area (Å²) in [5.74, 6) is -0.316. The minimum Gasteiger partial charge on any atom is -0.466 e. The van der Waals surface area contributed by atoms with Gasteiger partial charge in [-0.15, -0.1) is 11.3 Å². The molecule has 1 atom stereocenters. The Bertz CT molecular complexity index is 913. The fourth-order valence-electron chi connectivity index (χ4n) is 3.04. The minimum atomic E-state index is -0.287. The van der Waals surface area contributed by atoms with Gasteiger partial charge in [0, 0.05) is 30.3 Å². The molecular formula is C20H19N3O3S. The molecule has 27 heavy (non-hydrogen) atoms. The highest BCUT2D eigenvalue weighted by molar-refractivity contribution is 7.16. The molecule has 2 heterocycles. The van der Waals surface area contributed by atoms with Crippen LogP contribution in [0.25, 0.3) is 6.08 Å². The average Bonchev–Trinajstić information content (AvgIpc) is 3.01. The van der Waals surface area contributed by atoms with Crippen molar-refractivity contribution in [1.29, 1.82) is 5.26 Å². The number of hydrogen-bond acceptors (Lipinski definition) is 6. The summed E-state index contributed by atoms with van der Waals surface area (Å²) in [6.07, 6.45) is 8.81. The largest absolute Gasteiger partial charge is 0.466 e. The van der Waals surface area contributed by atoms with Gasteiger partial charge >= 0.3 is 5.97 Å². The number of anilines is 1. The van der Waals surface area contributed by atoms with E-state index in [-0.39, 0.29) is 17.8 Å². The Morgan fingerprint density at radius 1 is 1.52 bits per heavy atom. The molecule has 1 unspecified atom stereocenters. The predicted octanol–water partition coefficient (Wildman–Crippen LogP) is 3.33. The van der Waals surface area contributed by atoms with Crippen molar-refractivity contribution in [3.63, 3.8) is 0 Å². The van der Waals surface area contributed by atoms with Gasteiger partial charge in [0.1, 0.15) is 11.1 Å². The van der Waals surface area contributed by atoms with E-state index in [1.54, 1.807) is 24.5 Å². The first-order valence-corrected chi connectivity index (χ1v) is 9.45. The summed E-state index contributed by atoms with van der Waals surface area (Å²) in [5.41, 5.74) is 2.38. The van der Waals surface area contributed by atoms with Gasteiger partial charge in [-0.1, -0.05) is 6.07 Å². The van der Waals surface area contributed by atoms with Crippen LogP contribution < -0.4 is 5.32 Å². The summed E-state index contributed by atoms with van der Waals surface area (Å²) in [4.78, 5) is 28.3. The number of carbonyl (C=O) groups is 2. The fourth-order valence-corrected chi connectivity index (χ4v) is 4.35.